The zero-order valence-electron chi connectivity index (χ0n) is 17.5. The quantitative estimate of drug-likeness (QED) is 0.776. The zero-order chi connectivity index (χ0) is 20.7. The number of piperidine rings is 1. The van der Waals surface area contributed by atoms with Crippen LogP contribution in [0.4, 0.5) is 0 Å². The number of hydrogen-bond acceptors (Lipinski definition) is 5. The van der Waals surface area contributed by atoms with Crippen LogP contribution >= 0.6 is 0 Å². The third-order valence-corrected chi connectivity index (χ3v) is 6.39. The van der Waals surface area contributed by atoms with Crippen LogP contribution in [0.1, 0.15) is 50.3 Å². The van der Waals surface area contributed by atoms with E-state index in [9.17, 15) is 4.79 Å². The van der Waals surface area contributed by atoms with Gasteiger partial charge in [0.15, 0.2) is 11.5 Å². The average molecular weight is 405 g/mol. The van der Waals surface area contributed by atoms with Crippen LogP contribution in [0.3, 0.4) is 0 Å². The maximum absolute atomic E-state index is 11.9. The topological polar surface area (TPSA) is 54.4 Å². The Morgan fingerprint density at radius 2 is 1.93 bits per heavy atom. The number of likely N-dealkylation sites (tertiary alicyclic amines) is 1. The third kappa shape index (κ3) is 3.02. The predicted molar refractivity (Wildman–Crippen MR) is 115 cm³/mol. The number of carbonyl (C=O) groups is 1. The second-order valence-electron chi connectivity index (χ2n) is 8.14. The Hall–Kier alpha value is -3.02. The van der Waals surface area contributed by atoms with Gasteiger partial charge in [0.2, 0.25) is 11.6 Å². The first-order valence-electron chi connectivity index (χ1n) is 10.7. The van der Waals surface area contributed by atoms with Crippen LogP contribution in [-0.2, 0) is 4.79 Å². The lowest BCUT2D eigenvalue weighted by molar-refractivity contribution is -0.159. The fraction of sp³-hybridized carbons (Fsp3) is 0.417. The third-order valence-electron chi connectivity index (χ3n) is 6.39. The highest BCUT2D eigenvalue weighted by molar-refractivity contribution is 6.02. The van der Waals surface area contributed by atoms with Crippen molar-refractivity contribution in [3.8, 4) is 11.5 Å². The Balaban J connectivity index is 1.57. The number of rotatable bonds is 3. The van der Waals surface area contributed by atoms with Crippen LogP contribution in [0.15, 0.2) is 53.6 Å². The number of para-hydroxylation sites is 1. The van der Waals surface area contributed by atoms with Gasteiger partial charge < -0.3 is 14.4 Å². The summed E-state index contributed by atoms with van der Waals surface area (Å²) in [6, 6.07) is 16.6. The summed E-state index contributed by atoms with van der Waals surface area (Å²) >= 11 is 0. The molecule has 0 aliphatic carbocycles. The smallest absolute Gasteiger partial charge is 0.219 e. The standard InChI is InChI=1S/C24H27N3O3/c1-3-29-22-11-7-10-19-21-16-20(18-8-5-4-6-9-18)25-27(21)24(30-23(19)22)12-14-26(15-13-24)17(2)28/h4-11,21H,3,12-16H2,1-2H3/t21-/m0/s1. The van der Waals surface area contributed by atoms with Crippen molar-refractivity contribution in [3.63, 3.8) is 0 Å². The van der Waals surface area contributed by atoms with Gasteiger partial charge in [-0.2, -0.15) is 5.10 Å². The van der Waals surface area contributed by atoms with Gasteiger partial charge in [0.1, 0.15) is 0 Å². The molecule has 3 aliphatic rings. The molecule has 6 heteroatoms. The second kappa shape index (κ2) is 7.35. The van der Waals surface area contributed by atoms with E-state index in [1.54, 1.807) is 6.92 Å². The summed E-state index contributed by atoms with van der Waals surface area (Å²) in [6.45, 7) is 5.54. The van der Waals surface area contributed by atoms with E-state index in [4.69, 9.17) is 14.6 Å². The minimum Gasteiger partial charge on any atom is -0.490 e. The summed E-state index contributed by atoms with van der Waals surface area (Å²) in [4.78, 5) is 13.8. The number of hydrazone groups is 1. The molecule has 0 aromatic heterocycles. The molecule has 1 amide bonds. The molecule has 3 aliphatic heterocycles. The van der Waals surface area contributed by atoms with Gasteiger partial charge in [-0.3, -0.25) is 4.79 Å². The molecule has 1 saturated heterocycles. The van der Waals surface area contributed by atoms with Gasteiger partial charge in [-0.15, -0.1) is 0 Å². The summed E-state index contributed by atoms with van der Waals surface area (Å²) in [5.74, 6) is 1.74. The lowest BCUT2D eigenvalue weighted by Crippen LogP contribution is -2.59. The van der Waals surface area contributed by atoms with Crippen LogP contribution in [0.25, 0.3) is 0 Å². The molecule has 5 rings (SSSR count). The summed E-state index contributed by atoms with van der Waals surface area (Å²) < 4.78 is 12.6. The Morgan fingerprint density at radius 3 is 2.63 bits per heavy atom. The molecule has 0 radical (unpaired) electrons. The molecule has 0 N–H and O–H groups in total. The van der Waals surface area contributed by atoms with Crippen molar-refractivity contribution in [2.75, 3.05) is 19.7 Å². The number of benzene rings is 2. The number of hydrogen-bond donors (Lipinski definition) is 0. The van der Waals surface area contributed by atoms with Gasteiger partial charge in [-0.1, -0.05) is 42.5 Å². The summed E-state index contributed by atoms with van der Waals surface area (Å²) in [7, 11) is 0. The molecule has 3 heterocycles. The number of amides is 1. The highest BCUT2D eigenvalue weighted by atomic mass is 16.6. The molecule has 6 nitrogen and oxygen atoms in total. The number of fused-ring (bicyclic) bond motifs is 4. The highest BCUT2D eigenvalue weighted by Gasteiger charge is 2.52. The van der Waals surface area contributed by atoms with Crippen LogP contribution in [0.2, 0.25) is 0 Å². The minimum atomic E-state index is -0.562. The largest absolute Gasteiger partial charge is 0.490 e. The molecule has 1 atom stereocenters. The summed E-state index contributed by atoms with van der Waals surface area (Å²) in [5, 5.41) is 7.25. The summed E-state index contributed by atoms with van der Waals surface area (Å²) in [6.07, 6.45) is 2.26. The van der Waals surface area contributed by atoms with Crippen LogP contribution in [-0.4, -0.2) is 46.9 Å². The Morgan fingerprint density at radius 1 is 1.17 bits per heavy atom. The van der Waals surface area contributed by atoms with E-state index < -0.39 is 5.72 Å². The number of ether oxygens (including phenoxy) is 2. The van der Waals surface area contributed by atoms with Crippen molar-refractivity contribution >= 4 is 11.6 Å². The lowest BCUT2D eigenvalue weighted by Gasteiger charge is -2.51. The van der Waals surface area contributed by atoms with E-state index in [1.807, 2.05) is 42.2 Å². The maximum Gasteiger partial charge on any atom is 0.219 e. The normalized spacial score (nSPS) is 21.5. The van der Waals surface area contributed by atoms with E-state index in [1.165, 1.54) is 0 Å². The van der Waals surface area contributed by atoms with Gasteiger partial charge in [-0.05, 0) is 18.6 Å². The van der Waals surface area contributed by atoms with Gasteiger partial charge in [0.25, 0.3) is 0 Å². The fourth-order valence-electron chi connectivity index (χ4n) is 4.85. The van der Waals surface area contributed by atoms with Crippen LogP contribution in [0, 0.1) is 0 Å². The first-order valence-corrected chi connectivity index (χ1v) is 10.7. The molecule has 1 fully saturated rings. The zero-order valence-corrected chi connectivity index (χ0v) is 17.5. The Labute approximate surface area is 177 Å². The molecular weight excluding hydrogens is 378 g/mol. The molecule has 2 aromatic carbocycles. The minimum absolute atomic E-state index is 0.105. The van der Waals surface area contributed by atoms with Crippen molar-refractivity contribution in [1.82, 2.24) is 9.91 Å². The SMILES string of the molecule is CCOc1cccc2c1OC1(CCN(C(C)=O)CC1)N1N=C(c3ccccc3)C[C@@H]21. The molecule has 0 unspecified atom stereocenters. The molecule has 30 heavy (non-hydrogen) atoms. The average Bonchev–Trinajstić information content (AvgIpc) is 3.23. The first kappa shape index (κ1) is 19.0. The molecule has 1 spiro atoms. The predicted octanol–water partition coefficient (Wildman–Crippen LogP) is 3.97. The van der Waals surface area contributed by atoms with Crippen molar-refractivity contribution in [3.05, 3.63) is 59.7 Å². The van der Waals surface area contributed by atoms with Gasteiger partial charge in [0, 0.05) is 44.8 Å². The molecule has 2 aromatic rings. The molecular formula is C24H27N3O3. The van der Waals surface area contributed by atoms with Gasteiger partial charge in [0.05, 0.1) is 18.4 Å². The number of nitrogens with zero attached hydrogens (tertiary/aromatic N) is 3. The van der Waals surface area contributed by atoms with Gasteiger partial charge >= 0.3 is 0 Å². The van der Waals surface area contributed by atoms with E-state index in [2.05, 4.69) is 23.2 Å². The lowest BCUT2D eigenvalue weighted by atomic mass is 9.90. The van der Waals surface area contributed by atoms with E-state index in [-0.39, 0.29) is 11.9 Å². The Kier molecular flexibility index (Phi) is 4.65. The maximum atomic E-state index is 11.9. The van der Waals surface area contributed by atoms with Crippen molar-refractivity contribution in [2.45, 2.75) is 44.9 Å². The summed E-state index contributed by atoms with van der Waals surface area (Å²) in [5.41, 5.74) is 2.78. The van der Waals surface area contributed by atoms with Gasteiger partial charge in [-0.25, -0.2) is 5.01 Å². The van der Waals surface area contributed by atoms with E-state index >= 15 is 0 Å². The van der Waals surface area contributed by atoms with Crippen molar-refractivity contribution in [1.29, 1.82) is 0 Å². The van der Waals surface area contributed by atoms with Crippen molar-refractivity contribution < 1.29 is 14.3 Å². The molecule has 156 valence electrons. The van der Waals surface area contributed by atoms with Crippen LogP contribution < -0.4 is 9.47 Å². The van der Waals surface area contributed by atoms with E-state index in [0.29, 0.717) is 32.5 Å². The first-order chi connectivity index (χ1) is 14.6. The highest BCUT2D eigenvalue weighted by Crippen LogP contribution is 2.52. The fourth-order valence-corrected chi connectivity index (χ4v) is 4.85. The molecule has 0 saturated carbocycles. The molecule has 0 bridgehead atoms. The Bertz CT molecular complexity index is 980. The van der Waals surface area contributed by atoms with E-state index in [0.717, 1.165) is 34.8 Å². The van der Waals surface area contributed by atoms with Crippen LogP contribution in [0.5, 0.6) is 11.5 Å². The monoisotopic (exact) mass is 405 g/mol. The van der Waals surface area contributed by atoms with Crippen molar-refractivity contribution in [2.24, 2.45) is 5.10 Å². The number of carbonyl (C=O) groups excluding carboxylic acids is 1. The second-order valence-corrected chi connectivity index (χ2v) is 8.14.